The second kappa shape index (κ2) is 9.87. The number of carbonyl (C=O) groups is 3. The molecule has 29 heavy (non-hydrogen) atoms. The van der Waals surface area contributed by atoms with Gasteiger partial charge >= 0.3 is 5.97 Å². The number of amides is 2. The van der Waals surface area contributed by atoms with Gasteiger partial charge in [-0.1, -0.05) is 63.2 Å². The first kappa shape index (κ1) is 22.1. The number of rotatable bonds is 7. The summed E-state index contributed by atoms with van der Waals surface area (Å²) in [5, 5.41) is 5.26. The number of carbonyl (C=O) groups excluding carboxylic acids is 3. The van der Waals surface area contributed by atoms with Gasteiger partial charge < -0.3 is 15.4 Å². The number of ether oxygens (including phenoxy) is 1. The third-order valence-corrected chi connectivity index (χ3v) is 4.39. The van der Waals surface area contributed by atoms with E-state index >= 15 is 0 Å². The Morgan fingerprint density at radius 1 is 0.966 bits per heavy atom. The molecule has 2 amide bonds. The molecule has 0 fully saturated rings. The van der Waals surface area contributed by atoms with Crippen molar-refractivity contribution in [1.82, 2.24) is 10.6 Å². The molecule has 2 aromatic carbocycles. The molecule has 0 unspecified atom stereocenters. The quantitative estimate of drug-likeness (QED) is 0.705. The first-order chi connectivity index (χ1) is 13.7. The van der Waals surface area contributed by atoms with Crippen LogP contribution in [0.4, 0.5) is 0 Å². The fourth-order valence-electron chi connectivity index (χ4n) is 2.57. The molecule has 1 atom stereocenters. The Morgan fingerprint density at radius 3 is 2.17 bits per heavy atom. The summed E-state index contributed by atoms with van der Waals surface area (Å²) in [6.07, 6.45) is 0. The van der Waals surface area contributed by atoms with Crippen LogP contribution in [0.25, 0.3) is 0 Å². The Bertz CT molecular complexity index is 839. The van der Waals surface area contributed by atoms with Gasteiger partial charge in [0.1, 0.15) is 6.04 Å². The van der Waals surface area contributed by atoms with Crippen LogP contribution in [-0.4, -0.2) is 30.4 Å². The number of nitrogens with one attached hydrogen (secondary N) is 2. The standard InChI is InChI=1S/C23H28N2O4/c1-16(25-21(27)18-10-12-19(13-11-18)23(2,3)4)22(28)29-15-20(26)24-14-17-8-6-5-7-9-17/h5-13,16H,14-15H2,1-4H3,(H,24,26)(H,25,27)/t16-/m0/s1. The normalized spacial score (nSPS) is 12.0. The molecule has 0 spiro atoms. The molecule has 6 nitrogen and oxygen atoms in total. The maximum Gasteiger partial charge on any atom is 0.328 e. The van der Waals surface area contributed by atoms with Crippen LogP contribution in [0.3, 0.4) is 0 Å². The van der Waals surface area contributed by atoms with E-state index in [1.54, 1.807) is 12.1 Å². The fraction of sp³-hybridized carbons (Fsp3) is 0.348. The highest BCUT2D eigenvalue weighted by atomic mass is 16.5. The zero-order valence-electron chi connectivity index (χ0n) is 17.3. The summed E-state index contributed by atoms with van der Waals surface area (Å²) < 4.78 is 4.99. The SMILES string of the molecule is C[C@H](NC(=O)c1ccc(C(C)(C)C)cc1)C(=O)OCC(=O)NCc1ccccc1. The number of benzene rings is 2. The van der Waals surface area contributed by atoms with Crippen LogP contribution in [0.5, 0.6) is 0 Å². The summed E-state index contributed by atoms with van der Waals surface area (Å²) in [7, 11) is 0. The van der Waals surface area contributed by atoms with Crippen molar-refractivity contribution in [2.45, 2.75) is 45.7 Å². The van der Waals surface area contributed by atoms with Crippen molar-refractivity contribution in [1.29, 1.82) is 0 Å². The molecule has 0 bridgehead atoms. The van der Waals surface area contributed by atoms with E-state index in [0.29, 0.717) is 12.1 Å². The summed E-state index contributed by atoms with van der Waals surface area (Å²) >= 11 is 0. The lowest BCUT2D eigenvalue weighted by molar-refractivity contribution is -0.150. The van der Waals surface area contributed by atoms with Crippen LogP contribution in [0.1, 0.15) is 49.2 Å². The van der Waals surface area contributed by atoms with Gasteiger partial charge in [0, 0.05) is 12.1 Å². The third kappa shape index (κ3) is 7.07. The minimum atomic E-state index is -0.869. The van der Waals surface area contributed by atoms with Gasteiger partial charge in [-0.05, 0) is 35.6 Å². The highest BCUT2D eigenvalue weighted by Crippen LogP contribution is 2.22. The molecule has 0 aromatic heterocycles. The van der Waals surface area contributed by atoms with Crippen molar-refractivity contribution in [3.05, 3.63) is 71.3 Å². The van der Waals surface area contributed by atoms with Crippen molar-refractivity contribution >= 4 is 17.8 Å². The van der Waals surface area contributed by atoms with E-state index in [9.17, 15) is 14.4 Å². The summed E-state index contributed by atoms with van der Waals surface area (Å²) in [5.74, 6) is -1.44. The number of hydrogen-bond acceptors (Lipinski definition) is 4. The van der Waals surface area contributed by atoms with Crippen LogP contribution < -0.4 is 10.6 Å². The molecule has 0 saturated heterocycles. The van der Waals surface area contributed by atoms with E-state index in [1.165, 1.54) is 6.92 Å². The molecule has 6 heteroatoms. The van der Waals surface area contributed by atoms with Crippen LogP contribution in [0.2, 0.25) is 0 Å². The van der Waals surface area contributed by atoms with Crippen LogP contribution >= 0.6 is 0 Å². The molecule has 154 valence electrons. The summed E-state index contributed by atoms with van der Waals surface area (Å²) in [5.41, 5.74) is 2.51. The second-order valence-electron chi connectivity index (χ2n) is 7.89. The molecule has 0 radical (unpaired) electrons. The van der Waals surface area contributed by atoms with Crippen molar-refractivity contribution in [3.8, 4) is 0 Å². The zero-order valence-corrected chi connectivity index (χ0v) is 17.3. The van der Waals surface area contributed by atoms with Gasteiger partial charge in [-0.3, -0.25) is 9.59 Å². The van der Waals surface area contributed by atoms with Gasteiger partial charge in [0.25, 0.3) is 11.8 Å². The predicted molar refractivity (Wildman–Crippen MR) is 111 cm³/mol. The van der Waals surface area contributed by atoms with Crippen molar-refractivity contribution in [3.63, 3.8) is 0 Å². The lowest BCUT2D eigenvalue weighted by atomic mass is 9.86. The molecule has 0 saturated carbocycles. The lowest BCUT2D eigenvalue weighted by Crippen LogP contribution is -2.41. The van der Waals surface area contributed by atoms with E-state index in [1.807, 2.05) is 42.5 Å². The second-order valence-corrected chi connectivity index (χ2v) is 7.89. The van der Waals surface area contributed by atoms with Gasteiger partial charge in [-0.2, -0.15) is 0 Å². The Balaban J connectivity index is 1.77. The van der Waals surface area contributed by atoms with Crippen molar-refractivity contribution < 1.29 is 19.1 Å². The van der Waals surface area contributed by atoms with Gasteiger partial charge in [0.15, 0.2) is 6.61 Å². The Morgan fingerprint density at radius 2 is 1.59 bits per heavy atom. The monoisotopic (exact) mass is 396 g/mol. The van der Waals surface area contributed by atoms with Crippen molar-refractivity contribution in [2.24, 2.45) is 0 Å². The van der Waals surface area contributed by atoms with E-state index in [2.05, 4.69) is 31.4 Å². The highest BCUT2D eigenvalue weighted by Gasteiger charge is 2.20. The summed E-state index contributed by atoms with van der Waals surface area (Å²) in [4.78, 5) is 36.2. The molecule has 2 N–H and O–H groups in total. The minimum Gasteiger partial charge on any atom is -0.454 e. The molecular weight excluding hydrogens is 368 g/mol. The third-order valence-electron chi connectivity index (χ3n) is 4.39. The molecule has 2 aromatic rings. The van der Waals surface area contributed by atoms with E-state index in [0.717, 1.165) is 11.1 Å². The topological polar surface area (TPSA) is 84.5 Å². The minimum absolute atomic E-state index is 0.00676. The maximum atomic E-state index is 12.3. The summed E-state index contributed by atoms with van der Waals surface area (Å²) in [6.45, 7) is 7.76. The zero-order chi connectivity index (χ0) is 21.4. The maximum absolute atomic E-state index is 12.3. The van der Waals surface area contributed by atoms with Gasteiger partial charge in [-0.25, -0.2) is 4.79 Å². The van der Waals surface area contributed by atoms with Crippen LogP contribution in [0, 0.1) is 0 Å². The Kier molecular flexibility index (Phi) is 7.53. The average Bonchev–Trinajstić information content (AvgIpc) is 2.70. The molecular formula is C23H28N2O4. The fourth-order valence-corrected chi connectivity index (χ4v) is 2.57. The molecule has 2 rings (SSSR count). The number of hydrogen-bond donors (Lipinski definition) is 2. The average molecular weight is 396 g/mol. The molecule has 0 aliphatic rings. The predicted octanol–water partition coefficient (Wildman–Crippen LogP) is 2.96. The Hall–Kier alpha value is -3.15. The van der Waals surface area contributed by atoms with E-state index in [-0.39, 0.29) is 11.3 Å². The van der Waals surface area contributed by atoms with Crippen LogP contribution in [0.15, 0.2) is 54.6 Å². The highest BCUT2D eigenvalue weighted by molar-refractivity contribution is 5.96. The van der Waals surface area contributed by atoms with Crippen LogP contribution in [-0.2, 0) is 26.3 Å². The molecule has 0 heterocycles. The summed E-state index contributed by atoms with van der Waals surface area (Å²) in [6, 6.07) is 15.8. The van der Waals surface area contributed by atoms with E-state index in [4.69, 9.17) is 4.74 Å². The first-order valence-electron chi connectivity index (χ1n) is 9.55. The van der Waals surface area contributed by atoms with E-state index < -0.39 is 24.5 Å². The van der Waals surface area contributed by atoms with Gasteiger partial charge in [0.2, 0.25) is 0 Å². The smallest absolute Gasteiger partial charge is 0.328 e. The Labute approximate surface area is 171 Å². The van der Waals surface area contributed by atoms with Gasteiger partial charge in [0.05, 0.1) is 0 Å². The molecule has 0 aliphatic heterocycles. The number of esters is 1. The first-order valence-corrected chi connectivity index (χ1v) is 9.55. The van der Waals surface area contributed by atoms with Gasteiger partial charge in [-0.15, -0.1) is 0 Å². The lowest BCUT2D eigenvalue weighted by Gasteiger charge is -2.19. The largest absolute Gasteiger partial charge is 0.454 e. The molecule has 0 aliphatic carbocycles. The van der Waals surface area contributed by atoms with Crippen molar-refractivity contribution in [2.75, 3.05) is 6.61 Å².